The molecule has 1 aromatic carbocycles. The van der Waals surface area contributed by atoms with Crippen LogP contribution in [0.3, 0.4) is 0 Å². The third-order valence-corrected chi connectivity index (χ3v) is 3.72. The summed E-state index contributed by atoms with van der Waals surface area (Å²) in [6.45, 7) is 12.6. The SMILES string of the molecule is CCOc1ccc(CC(NC(=O)OC(C)(C)C)C(O)C(=O)OC(C)(C)C)cc1OC. The van der Waals surface area contributed by atoms with Crippen molar-refractivity contribution in [3.05, 3.63) is 23.8 Å². The van der Waals surface area contributed by atoms with Crippen LogP contribution in [-0.4, -0.2) is 54.2 Å². The molecule has 0 aromatic heterocycles. The van der Waals surface area contributed by atoms with Crippen molar-refractivity contribution < 1.29 is 33.6 Å². The number of nitrogens with one attached hydrogen (secondary N) is 1. The number of carbonyl (C=O) groups is 2. The van der Waals surface area contributed by atoms with Crippen LogP contribution in [0.25, 0.3) is 0 Å². The molecule has 0 aliphatic rings. The number of esters is 1. The minimum Gasteiger partial charge on any atom is -0.493 e. The van der Waals surface area contributed by atoms with E-state index in [1.807, 2.05) is 6.92 Å². The lowest BCUT2D eigenvalue weighted by Crippen LogP contribution is -2.51. The zero-order valence-corrected chi connectivity index (χ0v) is 19.2. The maximum absolute atomic E-state index is 12.4. The Morgan fingerprint density at radius 1 is 1.03 bits per heavy atom. The van der Waals surface area contributed by atoms with Gasteiger partial charge in [0.05, 0.1) is 19.8 Å². The van der Waals surface area contributed by atoms with E-state index in [9.17, 15) is 14.7 Å². The summed E-state index contributed by atoms with van der Waals surface area (Å²) in [6, 6.07) is 4.27. The van der Waals surface area contributed by atoms with Crippen LogP contribution in [0.15, 0.2) is 18.2 Å². The van der Waals surface area contributed by atoms with Gasteiger partial charge in [-0.3, -0.25) is 0 Å². The summed E-state index contributed by atoms with van der Waals surface area (Å²) in [4.78, 5) is 24.7. The highest BCUT2D eigenvalue weighted by atomic mass is 16.6. The quantitative estimate of drug-likeness (QED) is 0.616. The van der Waals surface area contributed by atoms with Crippen molar-refractivity contribution >= 4 is 12.1 Å². The zero-order chi connectivity index (χ0) is 23.1. The Bertz CT molecular complexity index is 719. The standard InChI is InChI=1S/C22H35NO7/c1-9-28-16-11-10-14(13-17(16)27-8)12-15(23-20(26)30-22(5,6)7)18(24)19(25)29-21(2,3)4/h10-11,13,15,18,24H,9,12H2,1-8H3,(H,23,26). The second-order valence-electron chi connectivity index (χ2n) is 8.85. The largest absolute Gasteiger partial charge is 0.493 e. The summed E-state index contributed by atoms with van der Waals surface area (Å²) < 4.78 is 21.4. The number of amides is 1. The molecule has 0 fully saturated rings. The van der Waals surface area contributed by atoms with Gasteiger partial charge in [-0.15, -0.1) is 0 Å². The van der Waals surface area contributed by atoms with Crippen LogP contribution in [0.1, 0.15) is 54.0 Å². The maximum atomic E-state index is 12.4. The second kappa shape index (κ2) is 10.5. The van der Waals surface area contributed by atoms with E-state index in [0.29, 0.717) is 18.1 Å². The van der Waals surface area contributed by atoms with Crippen LogP contribution in [0.5, 0.6) is 11.5 Å². The smallest absolute Gasteiger partial charge is 0.407 e. The van der Waals surface area contributed by atoms with Gasteiger partial charge in [0.2, 0.25) is 0 Å². The van der Waals surface area contributed by atoms with Gasteiger partial charge in [-0.2, -0.15) is 0 Å². The van der Waals surface area contributed by atoms with Gasteiger partial charge in [-0.1, -0.05) is 6.07 Å². The Morgan fingerprint density at radius 3 is 2.13 bits per heavy atom. The number of alkyl carbamates (subject to hydrolysis) is 1. The van der Waals surface area contributed by atoms with Gasteiger partial charge in [0.25, 0.3) is 0 Å². The fourth-order valence-electron chi connectivity index (χ4n) is 2.59. The number of carbonyl (C=O) groups excluding carboxylic acids is 2. The Balaban J connectivity index is 3.10. The minimum absolute atomic E-state index is 0.141. The molecule has 0 saturated carbocycles. The molecule has 30 heavy (non-hydrogen) atoms. The number of methoxy groups -OCH3 is 1. The van der Waals surface area contributed by atoms with Gasteiger partial charge >= 0.3 is 12.1 Å². The summed E-state index contributed by atoms with van der Waals surface area (Å²) in [5.74, 6) is 0.256. The molecule has 2 N–H and O–H groups in total. The molecule has 0 aliphatic carbocycles. The van der Waals surface area contributed by atoms with Gasteiger partial charge in [0.15, 0.2) is 17.6 Å². The summed E-state index contributed by atoms with van der Waals surface area (Å²) in [6.07, 6.45) is -2.19. The number of aliphatic hydroxyl groups is 1. The molecule has 1 amide bonds. The Labute approximate surface area is 178 Å². The van der Waals surface area contributed by atoms with Gasteiger partial charge in [-0.05, 0) is 72.6 Å². The molecule has 8 heteroatoms. The topological polar surface area (TPSA) is 103 Å². The maximum Gasteiger partial charge on any atom is 0.407 e. The fraction of sp³-hybridized carbons (Fsp3) is 0.636. The fourth-order valence-corrected chi connectivity index (χ4v) is 2.59. The molecular formula is C22H35NO7. The van der Waals surface area contributed by atoms with Crippen molar-refractivity contribution in [2.45, 2.75) is 78.2 Å². The molecular weight excluding hydrogens is 390 g/mol. The van der Waals surface area contributed by atoms with E-state index >= 15 is 0 Å². The van der Waals surface area contributed by atoms with E-state index in [-0.39, 0.29) is 6.42 Å². The number of benzene rings is 1. The van der Waals surface area contributed by atoms with Crippen LogP contribution < -0.4 is 14.8 Å². The first-order chi connectivity index (χ1) is 13.8. The van der Waals surface area contributed by atoms with Crippen LogP contribution in [0.4, 0.5) is 4.79 Å². The lowest BCUT2D eigenvalue weighted by atomic mass is 10.0. The average molecular weight is 426 g/mol. The summed E-state index contributed by atoms with van der Waals surface area (Å²) in [7, 11) is 1.52. The monoisotopic (exact) mass is 425 g/mol. The normalized spacial score (nSPS) is 13.8. The molecule has 0 heterocycles. The van der Waals surface area contributed by atoms with Gasteiger partial charge < -0.3 is 29.4 Å². The molecule has 0 aliphatic heterocycles. The van der Waals surface area contributed by atoms with Gasteiger partial charge in [-0.25, -0.2) is 9.59 Å². The lowest BCUT2D eigenvalue weighted by Gasteiger charge is -2.28. The van der Waals surface area contributed by atoms with Crippen molar-refractivity contribution in [2.75, 3.05) is 13.7 Å². The number of rotatable bonds is 8. The first kappa shape index (κ1) is 25.6. The summed E-state index contributed by atoms with van der Waals surface area (Å²) in [5.41, 5.74) is -0.788. The van der Waals surface area contributed by atoms with Crippen molar-refractivity contribution in [3.8, 4) is 11.5 Å². The summed E-state index contributed by atoms with van der Waals surface area (Å²) in [5, 5.41) is 13.2. The summed E-state index contributed by atoms with van der Waals surface area (Å²) >= 11 is 0. The third kappa shape index (κ3) is 8.90. The van der Waals surface area contributed by atoms with Gasteiger partial charge in [0, 0.05) is 0 Å². The average Bonchev–Trinajstić information content (AvgIpc) is 2.58. The van der Waals surface area contributed by atoms with Crippen LogP contribution >= 0.6 is 0 Å². The van der Waals surface area contributed by atoms with E-state index in [2.05, 4.69) is 5.32 Å². The zero-order valence-electron chi connectivity index (χ0n) is 19.2. The molecule has 170 valence electrons. The van der Waals surface area contributed by atoms with E-state index in [1.54, 1.807) is 59.7 Å². The predicted octanol–water partition coefficient (Wildman–Crippen LogP) is 3.23. The Morgan fingerprint density at radius 2 is 1.63 bits per heavy atom. The first-order valence-corrected chi connectivity index (χ1v) is 9.96. The molecule has 0 radical (unpaired) electrons. The molecule has 0 bridgehead atoms. The van der Waals surface area contributed by atoms with E-state index in [4.69, 9.17) is 18.9 Å². The Kier molecular flexibility index (Phi) is 8.96. The Hall–Kier alpha value is -2.48. The minimum atomic E-state index is -1.59. The predicted molar refractivity (Wildman–Crippen MR) is 113 cm³/mol. The van der Waals surface area contributed by atoms with Crippen molar-refractivity contribution in [1.29, 1.82) is 0 Å². The molecule has 0 spiro atoms. The number of aliphatic hydroxyl groups excluding tert-OH is 1. The van der Waals surface area contributed by atoms with E-state index in [1.165, 1.54) is 7.11 Å². The van der Waals surface area contributed by atoms with E-state index in [0.717, 1.165) is 5.56 Å². The second-order valence-corrected chi connectivity index (χ2v) is 8.85. The highest BCUT2D eigenvalue weighted by Gasteiger charge is 2.33. The van der Waals surface area contributed by atoms with Gasteiger partial charge in [0.1, 0.15) is 11.2 Å². The third-order valence-electron chi connectivity index (χ3n) is 3.72. The number of hydrogen-bond donors (Lipinski definition) is 2. The van der Waals surface area contributed by atoms with Crippen LogP contribution in [0.2, 0.25) is 0 Å². The molecule has 2 unspecified atom stereocenters. The van der Waals surface area contributed by atoms with Crippen LogP contribution in [0, 0.1) is 0 Å². The molecule has 0 saturated heterocycles. The number of hydrogen-bond acceptors (Lipinski definition) is 7. The highest BCUT2D eigenvalue weighted by Crippen LogP contribution is 2.29. The van der Waals surface area contributed by atoms with Crippen molar-refractivity contribution in [3.63, 3.8) is 0 Å². The molecule has 8 nitrogen and oxygen atoms in total. The molecule has 1 aromatic rings. The number of ether oxygens (including phenoxy) is 4. The highest BCUT2D eigenvalue weighted by molar-refractivity contribution is 5.77. The van der Waals surface area contributed by atoms with E-state index < -0.39 is 35.4 Å². The first-order valence-electron chi connectivity index (χ1n) is 9.96. The van der Waals surface area contributed by atoms with Crippen LogP contribution in [-0.2, 0) is 20.7 Å². The van der Waals surface area contributed by atoms with Crippen molar-refractivity contribution in [2.24, 2.45) is 0 Å². The molecule has 2 atom stereocenters. The molecule has 1 rings (SSSR count). The lowest BCUT2D eigenvalue weighted by molar-refractivity contribution is -0.166. The van der Waals surface area contributed by atoms with Crippen molar-refractivity contribution in [1.82, 2.24) is 5.32 Å².